The van der Waals surface area contributed by atoms with Gasteiger partial charge in [-0.15, -0.1) is 10.2 Å². The first-order valence-electron chi connectivity index (χ1n) is 5.20. The van der Waals surface area contributed by atoms with Crippen molar-refractivity contribution in [1.82, 2.24) is 15.2 Å². The monoisotopic (exact) mass is 327 g/mol. The van der Waals surface area contributed by atoms with E-state index in [2.05, 4.69) is 41.7 Å². The van der Waals surface area contributed by atoms with Gasteiger partial charge in [0.05, 0.1) is 4.47 Å². The number of aromatic nitrogens is 3. The van der Waals surface area contributed by atoms with Gasteiger partial charge in [-0.25, -0.2) is 4.98 Å². The number of carbonyl (C=O) groups excluding carboxylic acids is 1. The van der Waals surface area contributed by atoms with Crippen LogP contribution in [0.25, 0.3) is 0 Å². The van der Waals surface area contributed by atoms with Crippen molar-refractivity contribution in [3.63, 3.8) is 0 Å². The van der Waals surface area contributed by atoms with Gasteiger partial charge in [0.25, 0.3) is 5.91 Å². The topological polar surface area (TPSA) is 79.8 Å². The van der Waals surface area contributed by atoms with Gasteiger partial charge < -0.3 is 10.6 Å². The molecule has 2 aromatic heterocycles. The highest BCUT2D eigenvalue weighted by Gasteiger charge is 2.14. The van der Waals surface area contributed by atoms with E-state index in [4.69, 9.17) is 0 Å². The highest BCUT2D eigenvalue weighted by atomic mass is 79.9. The lowest BCUT2D eigenvalue weighted by Gasteiger charge is -2.02. The smallest absolute Gasteiger partial charge is 0.287 e. The van der Waals surface area contributed by atoms with E-state index >= 15 is 0 Å². The molecule has 0 fully saturated rings. The maximum absolute atomic E-state index is 11.9. The van der Waals surface area contributed by atoms with E-state index in [0.29, 0.717) is 16.0 Å². The van der Waals surface area contributed by atoms with Gasteiger partial charge in [0.1, 0.15) is 5.82 Å². The lowest BCUT2D eigenvalue weighted by atomic mass is 10.4. The van der Waals surface area contributed by atoms with Crippen LogP contribution in [-0.4, -0.2) is 27.6 Å². The lowest BCUT2D eigenvalue weighted by molar-refractivity contribution is 0.102. The number of hydrogen-bond donors (Lipinski definition) is 2. The Balaban J connectivity index is 2.10. The Morgan fingerprint density at radius 1 is 1.50 bits per heavy atom. The summed E-state index contributed by atoms with van der Waals surface area (Å²) in [5.74, 6) is 0.138. The fraction of sp³-hybridized carbons (Fsp3) is 0.200. The molecule has 2 N–H and O–H groups in total. The van der Waals surface area contributed by atoms with Crippen LogP contribution in [0.5, 0.6) is 0 Å². The van der Waals surface area contributed by atoms with Gasteiger partial charge in [-0.3, -0.25) is 4.79 Å². The van der Waals surface area contributed by atoms with Crippen molar-refractivity contribution >= 4 is 44.1 Å². The summed E-state index contributed by atoms with van der Waals surface area (Å²) in [4.78, 5) is 15.9. The average Bonchev–Trinajstić information content (AvgIpc) is 2.81. The quantitative estimate of drug-likeness (QED) is 0.901. The Morgan fingerprint density at radius 2 is 2.33 bits per heavy atom. The van der Waals surface area contributed by atoms with Crippen molar-refractivity contribution in [3.8, 4) is 0 Å². The summed E-state index contributed by atoms with van der Waals surface area (Å²) in [6.07, 6.45) is 1.60. The normalized spacial score (nSPS) is 10.1. The molecule has 0 aliphatic carbocycles. The van der Waals surface area contributed by atoms with E-state index < -0.39 is 0 Å². The summed E-state index contributed by atoms with van der Waals surface area (Å²) in [6.45, 7) is 2.69. The number of pyridine rings is 1. The third kappa shape index (κ3) is 3.02. The van der Waals surface area contributed by atoms with Gasteiger partial charge in [0.2, 0.25) is 10.1 Å². The molecule has 18 heavy (non-hydrogen) atoms. The van der Waals surface area contributed by atoms with E-state index in [1.54, 1.807) is 18.3 Å². The van der Waals surface area contributed by atoms with Crippen LogP contribution in [-0.2, 0) is 0 Å². The molecule has 2 heterocycles. The maximum Gasteiger partial charge on any atom is 0.287 e. The molecule has 6 nitrogen and oxygen atoms in total. The summed E-state index contributed by atoms with van der Waals surface area (Å²) in [5, 5.41) is 14.3. The van der Waals surface area contributed by atoms with Crippen molar-refractivity contribution in [2.45, 2.75) is 6.92 Å². The van der Waals surface area contributed by atoms with Crippen LogP contribution in [0.15, 0.2) is 22.8 Å². The van der Waals surface area contributed by atoms with E-state index in [-0.39, 0.29) is 5.91 Å². The van der Waals surface area contributed by atoms with Gasteiger partial charge in [-0.1, -0.05) is 11.3 Å². The SMILES string of the molecule is CCNc1nnc(C(=O)Nc2ncccc2Br)s1. The zero-order chi connectivity index (χ0) is 13.0. The van der Waals surface area contributed by atoms with Gasteiger partial charge in [-0.2, -0.15) is 0 Å². The summed E-state index contributed by atoms with van der Waals surface area (Å²) >= 11 is 4.51. The van der Waals surface area contributed by atoms with Crippen LogP contribution in [0.3, 0.4) is 0 Å². The van der Waals surface area contributed by atoms with Crippen LogP contribution >= 0.6 is 27.3 Å². The minimum atomic E-state index is -0.323. The molecule has 2 aromatic rings. The zero-order valence-electron chi connectivity index (χ0n) is 9.48. The van der Waals surface area contributed by atoms with Crippen molar-refractivity contribution in [3.05, 3.63) is 27.8 Å². The number of anilines is 2. The highest BCUT2D eigenvalue weighted by Crippen LogP contribution is 2.20. The number of amides is 1. The molecule has 94 valence electrons. The molecular formula is C10H10BrN5OS. The number of nitrogens with one attached hydrogen (secondary N) is 2. The molecule has 0 aliphatic heterocycles. The Bertz CT molecular complexity index is 559. The summed E-state index contributed by atoms with van der Waals surface area (Å²) < 4.78 is 0.717. The molecule has 0 bridgehead atoms. The predicted octanol–water partition coefficient (Wildman–Crippen LogP) is 2.38. The fourth-order valence-electron chi connectivity index (χ4n) is 1.18. The Hall–Kier alpha value is -1.54. The molecular weight excluding hydrogens is 318 g/mol. The van der Waals surface area contributed by atoms with E-state index in [1.165, 1.54) is 11.3 Å². The summed E-state index contributed by atoms with van der Waals surface area (Å²) in [7, 11) is 0. The fourth-order valence-corrected chi connectivity index (χ4v) is 2.24. The molecule has 8 heteroatoms. The van der Waals surface area contributed by atoms with Crippen molar-refractivity contribution in [2.24, 2.45) is 0 Å². The Kier molecular flexibility index (Phi) is 4.21. The van der Waals surface area contributed by atoms with Crippen molar-refractivity contribution in [2.75, 3.05) is 17.2 Å². The second-order valence-electron chi connectivity index (χ2n) is 3.23. The molecule has 0 saturated carbocycles. The first-order chi connectivity index (χ1) is 8.70. The minimum absolute atomic E-state index is 0.295. The number of nitrogens with zero attached hydrogens (tertiary/aromatic N) is 3. The van der Waals surface area contributed by atoms with E-state index in [1.807, 2.05) is 6.92 Å². The Morgan fingerprint density at radius 3 is 3.06 bits per heavy atom. The molecule has 0 spiro atoms. The Labute approximate surface area is 116 Å². The highest BCUT2D eigenvalue weighted by molar-refractivity contribution is 9.10. The summed E-state index contributed by atoms with van der Waals surface area (Å²) in [5.41, 5.74) is 0. The maximum atomic E-state index is 11.9. The lowest BCUT2D eigenvalue weighted by Crippen LogP contribution is -2.13. The third-order valence-corrected chi connectivity index (χ3v) is 3.46. The molecule has 0 atom stereocenters. The van der Waals surface area contributed by atoms with Gasteiger partial charge >= 0.3 is 0 Å². The van der Waals surface area contributed by atoms with Crippen LogP contribution in [0, 0.1) is 0 Å². The molecule has 0 radical (unpaired) electrons. The van der Waals surface area contributed by atoms with Gasteiger partial charge in [0, 0.05) is 12.7 Å². The molecule has 0 aliphatic rings. The number of hydrogen-bond acceptors (Lipinski definition) is 6. The standard InChI is InChI=1S/C10H10BrN5OS/c1-2-12-10-16-15-9(18-10)8(17)14-7-6(11)4-3-5-13-7/h3-5H,2H2,1H3,(H,12,16)(H,13,14,17). The number of rotatable bonds is 4. The largest absolute Gasteiger partial charge is 0.360 e. The van der Waals surface area contributed by atoms with Crippen molar-refractivity contribution < 1.29 is 4.79 Å². The molecule has 0 aromatic carbocycles. The average molecular weight is 328 g/mol. The minimum Gasteiger partial charge on any atom is -0.360 e. The third-order valence-electron chi connectivity index (χ3n) is 1.94. The van der Waals surface area contributed by atoms with Crippen LogP contribution in [0.2, 0.25) is 0 Å². The predicted molar refractivity (Wildman–Crippen MR) is 74.0 cm³/mol. The second-order valence-corrected chi connectivity index (χ2v) is 5.06. The summed E-state index contributed by atoms with van der Waals surface area (Å²) in [6, 6.07) is 3.57. The first kappa shape index (κ1) is 12.9. The van der Waals surface area contributed by atoms with Crippen LogP contribution in [0.4, 0.5) is 10.9 Å². The van der Waals surface area contributed by atoms with Gasteiger partial charge in [0.15, 0.2) is 0 Å². The van der Waals surface area contributed by atoms with Crippen LogP contribution < -0.4 is 10.6 Å². The molecule has 0 unspecified atom stereocenters. The number of carbonyl (C=O) groups is 1. The van der Waals surface area contributed by atoms with Gasteiger partial charge in [-0.05, 0) is 35.0 Å². The van der Waals surface area contributed by atoms with E-state index in [0.717, 1.165) is 11.0 Å². The van der Waals surface area contributed by atoms with Crippen molar-refractivity contribution in [1.29, 1.82) is 0 Å². The number of halogens is 1. The first-order valence-corrected chi connectivity index (χ1v) is 6.81. The molecule has 2 rings (SSSR count). The van der Waals surface area contributed by atoms with E-state index in [9.17, 15) is 4.79 Å². The van der Waals surface area contributed by atoms with Crippen LogP contribution in [0.1, 0.15) is 16.7 Å². The second kappa shape index (κ2) is 5.87. The molecule has 1 amide bonds. The molecule has 0 saturated heterocycles. The zero-order valence-corrected chi connectivity index (χ0v) is 11.9.